The zero-order chi connectivity index (χ0) is 20.3. The van der Waals surface area contributed by atoms with Crippen LogP contribution in [0.25, 0.3) is 0 Å². The van der Waals surface area contributed by atoms with Crippen molar-refractivity contribution < 1.29 is 13.2 Å². The van der Waals surface area contributed by atoms with Crippen LogP contribution < -0.4 is 9.46 Å². The minimum atomic E-state index is -3.74. The van der Waals surface area contributed by atoms with E-state index >= 15 is 0 Å². The summed E-state index contributed by atoms with van der Waals surface area (Å²) in [6.07, 6.45) is 0. The normalized spacial score (nSPS) is 11.4. The summed E-state index contributed by atoms with van der Waals surface area (Å²) in [7, 11) is -3.74. The number of nitrogens with zero attached hydrogens (tertiary/aromatic N) is 2. The predicted octanol–water partition coefficient (Wildman–Crippen LogP) is 4.40. The van der Waals surface area contributed by atoms with Gasteiger partial charge < -0.3 is 4.74 Å². The van der Waals surface area contributed by atoms with Crippen LogP contribution in [-0.2, 0) is 16.6 Å². The number of hydrogen-bond acceptors (Lipinski definition) is 4. The molecule has 0 radical (unpaired) electrons. The maximum absolute atomic E-state index is 12.8. The minimum absolute atomic E-state index is 0.161. The number of rotatable bonds is 7. The summed E-state index contributed by atoms with van der Waals surface area (Å²) in [6, 6.07) is 13.8. The number of aromatic nitrogens is 2. The third-order valence-corrected chi connectivity index (χ3v) is 6.08. The first kappa shape index (κ1) is 20.2. The Morgan fingerprint density at radius 2 is 1.79 bits per heavy atom. The number of ether oxygens (including phenoxy) is 1. The highest BCUT2D eigenvalue weighted by atomic mass is 35.5. The molecule has 1 aromatic heterocycles. The Morgan fingerprint density at radius 3 is 2.43 bits per heavy atom. The van der Waals surface area contributed by atoms with Gasteiger partial charge in [0.05, 0.1) is 35.1 Å². The van der Waals surface area contributed by atoms with Crippen LogP contribution in [0.5, 0.6) is 5.75 Å². The van der Waals surface area contributed by atoms with Gasteiger partial charge in [0.1, 0.15) is 5.75 Å². The molecule has 6 nitrogen and oxygen atoms in total. The highest BCUT2D eigenvalue weighted by molar-refractivity contribution is 7.92. The van der Waals surface area contributed by atoms with Crippen molar-refractivity contribution in [1.29, 1.82) is 0 Å². The first-order valence-electron chi connectivity index (χ1n) is 8.85. The molecule has 0 saturated heterocycles. The van der Waals surface area contributed by atoms with Gasteiger partial charge in [0.2, 0.25) is 0 Å². The van der Waals surface area contributed by atoms with Crippen LogP contribution in [0.15, 0.2) is 53.4 Å². The summed E-state index contributed by atoms with van der Waals surface area (Å²) in [5.74, 6) is 0.626. The van der Waals surface area contributed by atoms with Crippen LogP contribution in [0, 0.1) is 13.8 Å². The lowest BCUT2D eigenvalue weighted by atomic mass is 10.2. The second kappa shape index (κ2) is 8.24. The Balaban J connectivity index is 1.86. The molecule has 0 saturated carbocycles. The van der Waals surface area contributed by atoms with E-state index in [2.05, 4.69) is 9.82 Å². The minimum Gasteiger partial charge on any atom is -0.494 e. The first-order valence-corrected chi connectivity index (χ1v) is 10.7. The van der Waals surface area contributed by atoms with E-state index in [1.807, 2.05) is 38.1 Å². The van der Waals surface area contributed by atoms with E-state index < -0.39 is 10.0 Å². The lowest BCUT2D eigenvalue weighted by molar-refractivity contribution is 0.340. The number of nitrogens with one attached hydrogen (secondary N) is 1. The predicted molar refractivity (Wildman–Crippen MR) is 111 cm³/mol. The molecule has 0 aliphatic carbocycles. The van der Waals surface area contributed by atoms with Crippen molar-refractivity contribution in [2.75, 3.05) is 11.3 Å². The Hall–Kier alpha value is -2.51. The molecule has 1 N–H and O–H groups in total. The van der Waals surface area contributed by atoms with Crippen LogP contribution >= 0.6 is 11.6 Å². The highest BCUT2D eigenvalue weighted by Gasteiger charge is 2.20. The van der Waals surface area contributed by atoms with E-state index in [0.29, 0.717) is 41.0 Å². The Labute approximate surface area is 170 Å². The molecule has 0 aliphatic heterocycles. The molecule has 0 fully saturated rings. The summed E-state index contributed by atoms with van der Waals surface area (Å²) in [6.45, 7) is 6.45. The molecule has 0 amide bonds. The average Bonchev–Trinajstić information content (AvgIpc) is 2.91. The van der Waals surface area contributed by atoms with E-state index in [9.17, 15) is 8.42 Å². The number of sulfonamides is 1. The molecular formula is C20H22ClN3O3S. The second-order valence-corrected chi connectivity index (χ2v) is 8.39. The van der Waals surface area contributed by atoms with Crippen LogP contribution in [0.4, 0.5) is 5.69 Å². The fraction of sp³-hybridized carbons (Fsp3) is 0.250. The van der Waals surface area contributed by atoms with Gasteiger partial charge in [0.15, 0.2) is 0 Å². The molecule has 148 valence electrons. The van der Waals surface area contributed by atoms with Crippen molar-refractivity contribution in [1.82, 2.24) is 9.78 Å². The molecule has 0 bridgehead atoms. The zero-order valence-electron chi connectivity index (χ0n) is 15.9. The largest absolute Gasteiger partial charge is 0.494 e. The van der Waals surface area contributed by atoms with Gasteiger partial charge in [-0.25, -0.2) is 8.42 Å². The molecule has 0 aliphatic rings. The lowest BCUT2D eigenvalue weighted by Crippen LogP contribution is -2.14. The van der Waals surface area contributed by atoms with Crippen LogP contribution in [0.2, 0.25) is 5.02 Å². The Morgan fingerprint density at radius 1 is 1.11 bits per heavy atom. The molecule has 3 aromatic rings. The quantitative estimate of drug-likeness (QED) is 0.616. The number of halogens is 1. The fourth-order valence-corrected chi connectivity index (χ4v) is 4.23. The fourth-order valence-electron chi connectivity index (χ4n) is 2.86. The zero-order valence-corrected chi connectivity index (χ0v) is 17.5. The van der Waals surface area contributed by atoms with Gasteiger partial charge in [-0.3, -0.25) is 9.40 Å². The van der Waals surface area contributed by atoms with E-state index in [1.54, 1.807) is 23.7 Å². The van der Waals surface area contributed by atoms with E-state index in [1.165, 1.54) is 12.1 Å². The molecule has 28 heavy (non-hydrogen) atoms. The molecule has 2 aromatic carbocycles. The topological polar surface area (TPSA) is 73.2 Å². The molecule has 0 spiro atoms. The molecular weight excluding hydrogens is 398 g/mol. The lowest BCUT2D eigenvalue weighted by Gasteiger charge is -2.10. The van der Waals surface area contributed by atoms with Crippen LogP contribution in [-0.4, -0.2) is 24.8 Å². The molecule has 3 rings (SSSR count). The Bertz CT molecular complexity index is 1080. The van der Waals surface area contributed by atoms with Gasteiger partial charge in [0, 0.05) is 5.02 Å². The number of benzene rings is 2. The number of aryl methyl sites for hydroxylation is 1. The van der Waals surface area contributed by atoms with Gasteiger partial charge in [-0.15, -0.1) is 0 Å². The monoisotopic (exact) mass is 419 g/mol. The van der Waals surface area contributed by atoms with Gasteiger partial charge in [-0.2, -0.15) is 5.10 Å². The average molecular weight is 420 g/mol. The maximum Gasteiger partial charge on any atom is 0.262 e. The standard InChI is InChI=1S/C20H22ClN3O3S/c1-4-27-17-9-11-18(12-10-17)28(25,26)23-20-14(2)22-24(15(20)3)13-16-7-5-6-8-19(16)21/h5-12,23H,4,13H2,1-3H3. The number of hydrogen-bond donors (Lipinski definition) is 1. The smallest absolute Gasteiger partial charge is 0.262 e. The van der Waals surface area contributed by atoms with Crippen LogP contribution in [0.3, 0.4) is 0 Å². The van der Waals surface area contributed by atoms with Crippen molar-refractivity contribution in [3.05, 3.63) is 70.5 Å². The third-order valence-electron chi connectivity index (χ3n) is 4.34. The van der Waals surface area contributed by atoms with E-state index in [4.69, 9.17) is 16.3 Å². The highest BCUT2D eigenvalue weighted by Crippen LogP contribution is 2.26. The maximum atomic E-state index is 12.8. The van der Waals surface area contributed by atoms with Gasteiger partial charge in [0.25, 0.3) is 10.0 Å². The summed E-state index contributed by atoms with van der Waals surface area (Å²) in [5.41, 5.74) is 2.70. The van der Waals surface area contributed by atoms with Gasteiger partial charge in [-0.1, -0.05) is 29.8 Å². The molecule has 0 atom stereocenters. The Kier molecular flexibility index (Phi) is 5.96. The van der Waals surface area contributed by atoms with Crippen molar-refractivity contribution in [3.8, 4) is 5.75 Å². The SMILES string of the molecule is CCOc1ccc(S(=O)(=O)Nc2c(C)nn(Cc3ccccc3Cl)c2C)cc1. The molecule has 8 heteroatoms. The summed E-state index contributed by atoms with van der Waals surface area (Å²) >= 11 is 6.23. The van der Waals surface area contributed by atoms with Crippen molar-refractivity contribution in [2.45, 2.75) is 32.2 Å². The molecule has 1 heterocycles. The van der Waals surface area contributed by atoms with Gasteiger partial charge >= 0.3 is 0 Å². The van der Waals surface area contributed by atoms with E-state index in [0.717, 1.165) is 5.56 Å². The number of anilines is 1. The second-order valence-electron chi connectivity index (χ2n) is 6.30. The summed E-state index contributed by atoms with van der Waals surface area (Å²) < 4.78 is 35.3. The molecule has 0 unspecified atom stereocenters. The van der Waals surface area contributed by atoms with Crippen molar-refractivity contribution in [3.63, 3.8) is 0 Å². The van der Waals surface area contributed by atoms with Crippen molar-refractivity contribution in [2.24, 2.45) is 0 Å². The summed E-state index contributed by atoms with van der Waals surface area (Å²) in [4.78, 5) is 0.161. The first-order chi connectivity index (χ1) is 13.3. The van der Waals surface area contributed by atoms with E-state index in [-0.39, 0.29) is 4.90 Å². The van der Waals surface area contributed by atoms with Gasteiger partial charge in [-0.05, 0) is 56.7 Å². The third kappa shape index (κ3) is 4.31. The summed E-state index contributed by atoms with van der Waals surface area (Å²) in [5, 5.41) is 5.12. The van der Waals surface area contributed by atoms with Crippen molar-refractivity contribution >= 4 is 27.3 Å². The van der Waals surface area contributed by atoms with Crippen LogP contribution in [0.1, 0.15) is 23.9 Å².